The SMILES string of the molecule is CC[C@H](C)[C@@H]1NC(=O)[C@H](CC2CC2)N(C)C(=O)C[C@@H](C)NC(=O)[C@H](C(C)C)N(C)C(=O)C2(CCCC2)NC(=O)[C@@H]2CCCN2C(=O)[C@H](CCc2ccc(C(F)(F)F)c(Cl)c2)NC(=O)CN(C)C(=O)[C@H](CC2CCCCC2)N(C)C(=O)[C@@H]2CCN2C(=O)[C@H](C)N(C)C1=O. The molecule has 6 aliphatic rings. The number of rotatable bonds is 10. The van der Waals surface area contributed by atoms with E-state index in [2.05, 4.69) is 21.3 Å². The molecule has 11 amide bonds. The normalized spacial score (nSPS) is 28.8. The fourth-order valence-electron chi connectivity index (χ4n) is 14.2. The molecule has 92 heavy (non-hydrogen) atoms. The first-order chi connectivity index (χ1) is 43.3. The quantitative estimate of drug-likeness (QED) is 0.229. The lowest BCUT2D eigenvalue weighted by molar-refractivity contribution is -0.160. The Kier molecular flexibility index (Phi) is 24.7. The monoisotopic (exact) mass is 1310 g/mol. The first kappa shape index (κ1) is 72.9. The molecule has 10 atom stereocenters. The number of nitrogens with one attached hydrogen (secondary N) is 4. The third-order valence-electron chi connectivity index (χ3n) is 20.5. The summed E-state index contributed by atoms with van der Waals surface area (Å²) in [7, 11) is 7.34. The van der Waals surface area contributed by atoms with Crippen LogP contribution in [0.2, 0.25) is 5.02 Å². The molecule has 4 N–H and O–H groups in total. The number of hydrogen-bond acceptors (Lipinski definition) is 11. The lowest BCUT2D eigenvalue weighted by Crippen LogP contribution is -2.65. The van der Waals surface area contributed by atoms with E-state index in [1.54, 1.807) is 34.6 Å². The molecule has 1 aromatic rings. The predicted octanol–water partition coefficient (Wildman–Crippen LogP) is 5.45. The van der Waals surface area contributed by atoms with E-state index < -0.39 is 160 Å². The number of fused-ring (bicyclic) bond motifs is 2. The van der Waals surface area contributed by atoms with Crippen molar-refractivity contribution >= 4 is 76.6 Å². The average molecular weight is 1320 g/mol. The first-order valence-corrected chi connectivity index (χ1v) is 33.7. The Morgan fingerprint density at radius 1 is 0.630 bits per heavy atom. The predicted molar refractivity (Wildman–Crippen MR) is 337 cm³/mol. The van der Waals surface area contributed by atoms with Gasteiger partial charge in [-0.15, -0.1) is 0 Å². The van der Waals surface area contributed by atoms with Gasteiger partial charge in [-0.2, -0.15) is 13.2 Å². The van der Waals surface area contributed by atoms with Gasteiger partial charge in [-0.05, 0) is 113 Å². The molecule has 26 heteroatoms. The van der Waals surface area contributed by atoms with E-state index >= 15 is 9.59 Å². The highest BCUT2D eigenvalue weighted by atomic mass is 35.5. The van der Waals surface area contributed by atoms with Crippen molar-refractivity contribution in [3.8, 4) is 0 Å². The first-order valence-electron chi connectivity index (χ1n) is 33.3. The molecule has 6 fully saturated rings. The van der Waals surface area contributed by atoms with Crippen LogP contribution in [0.15, 0.2) is 18.2 Å². The number of benzene rings is 1. The number of nitrogens with zero attached hydrogens (tertiary/aromatic N) is 7. The average Bonchev–Trinajstić information content (AvgIpc) is 1.20. The number of carbonyl (C=O) groups excluding carboxylic acids is 11. The maximum atomic E-state index is 15.0. The van der Waals surface area contributed by atoms with Gasteiger partial charge in [0.2, 0.25) is 65.0 Å². The lowest BCUT2D eigenvalue weighted by atomic mass is 9.84. The number of likely N-dealkylation sites (N-methyl/N-ethyl adjacent to an activating group) is 5. The minimum Gasteiger partial charge on any atom is -0.351 e. The number of carbonyl (C=O) groups is 11. The molecule has 7 rings (SSSR count). The van der Waals surface area contributed by atoms with Gasteiger partial charge >= 0.3 is 6.18 Å². The minimum absolute atomic E-state index is 0.0414. The van der Waals surface area contributed by atoms with Gasteiger partial charge in [0, 0.05) is 60.8 Å². The number of halogens is 4. The van der Waals surface area contributed by atoms with Gasteiger partial charge in [-0.3, -0.25) is 52.7 Å². The third-order valence-corrected chi connectivity index (χ3v) is 20.8. The second-order valence-corrected chi connectivity index (χ2v) is 28.0. The molecule has 3 saturated carbocycles. The van der Waals surface area contributed by atoms with Crippen LogP contribution >= 0.6 is 11.6 Å². The zero-order valence-electron chi connectivity index (χ0n) is 55.6. The molecule has 3 aliphatic heterocycles. The van der Waals surface area contributed by atoms with Crippen molar-refractivity contribution in [3.05, 3.63) is 34.3 Å². The van der Waals surface area contributed by atoms with Crippen LogP contribution in [0, 0.1) is 23.7 Å². The molecule has 0 aromatic heterocycles. The summed E-state index contributed by atoms with van der Waals surface area (Å²) in [4.78, 5) is 171. The van der Waals surface area contributed by atoms with Crippen molar-refractivity contribution in [2.24, 2.45) is 23.7 Å². The van der Waals surface area contributed by atoms with Crippen molar-refractivity contribution < 1.29 is 65.9 Å². The Balaban J connectivity index is 1.23. The summed E-state index contributed by atoms with van der Waals surface area (Å²) in [5.41, 5.74) is -2.23. The Morgan fingerprint density at radius 3 is 1.85 bits per heavy atom. The summed E-state index contributed by atoms with van der Waals surface area (Å²) in [6.07, 6.45) is 4.26. The molecule has 0 bridgehead atoms. The zero-order valence-corrected chi connectivity index (χ0v) is 56.4. The van der Waals surface area contributed by atoms with Gasteiger partial charge < -0.3 is 55.6 Å². The minimum atomic E-state index is -4.74. The van der Waals surface area contributed by atoms with Crippen LogP contribution in [0.1, 0.15) is 175 Å². The fraction of sp³-hybridized carbons (Fsp3) is 0.742. The highest BCUT2D eigenvalue weighted by Gasteiger charge is 2.51. The topological polar surface area (TPSA) is 259 Å². The second-order valence-electron chi connectivity index (χ2n) is 27.6. The van der Waals surface area contributed by atoms with Gasteiger partial charge in [0.1, 0.15) is 53.9 Å². The third kappa shape index (κ3) is 17.2. The van der Waals surface area contributed by atoms with E-state index in [0.29, 0.717) is 37.7 Å². The zero-order chi connectivity index (χ0) is 67.8. The van der Waals surface area contributed by atoms with E-state index in [9.17, 15) is 56.3 Å². The van der Waals surface area contributed by atoms with E-state index in [-0.39, 0.29) is 76.3 Å². The largest absolute Gasteiger partial charge is 0.417 e. The number of hydrogen-bond donors (Lipinski definition) is 4. The Morgan fingerprint density at radius 2 is 1.26 bits per heavy atom. The summed E-state index contributed by atoms with van der Waals surface area (Å²) in [5, 5.41) is 11.1. The molecular weight excluding hydrogens is 1220 g/mol. The Hall–Kier alpha value is -6.53. The van der Waals surface area contributed by atoms with Gasteiger partial charge in [0.15, 0.2) is 0 Å². The van der Waals surface area contributed by atoms with Gasteiger partial charge in [0.05, 0.1) is 17.1 Å². The summed E-state index contributed by atoms with van der Waals surface area (Å²) in [6, 6.07) is -6.56. The lowest BCUT2D eigenvalue weighted by Gasteiger charge is -2.45. The molecule has 22 nitrogen and oxygen atoms in total. The Labute approximate surface area is 544 Å². The van der Waals surface area contributed by atoms with Crippen molar-refractivity contribution in [2.45, 2.75) is 236 Å². The molecule has 0 radical (unpaired) electrons. The number of amides is 11. The van der Waals surface area contributed by atoms with Gasteiger partial charge in [0.25, 0.3) is 0 Å². The molecule has 1 spiro atoms. The van der Waals surface area contributed by atoms with Crippen LogP contribution in [0.5, 0.6) is 0 Å². The van der Waals surface area contributed by atoms with Crippen LogP contribution in [0.4, 0.5) is 13.2 Å². The van der Waals surface area contributed by atoms with Crippen LogP contribution < -0.4 is 21.3 Å². The highest BCUT2D eigenvalue weighted by Crippen LogP contribution is 2.38. The molecule has 1 aromatic carbocycles. The highest BCUT2D eigenvalue weighted by molar-refractivity contribution is 6.31. The summed E-state index contributed by atoms with van der Waals surface area (Å²) < 4.78 is 41.4. The maximum Gasteiger partial charge on any atom is 0.417 e. The summed E-state index contributed by atoms with van der Waals surface area (Å²) in [5.74, 6) is -7.16. The van der Waals surface area contributed by atoms with E-state index in [4.69, 9.17) is 11.6 Å². The van der Waals surface area contributed by atoms with Crippen LogP contribution in [-0.4, -0.2) is 214 Å². The number of aryl methyl sites for hydroxylation is 1. The van der Waals surface area contributed by atoms with Crippen molar-refractivity contribution in [3.63, 3.8) is 0 Å². The summed E-state index contributed by atoms with van der Waals surface area (Å²) >= 11 is 6.13. The van der Waals surface area contributed by atoms with Crippen molar-refractivity contribution in [1.29, 1.82) is 0 Å². The van der Waals surface area contributed by atoms with E-state index in [1.165, 1.54) is 70.7 Å². The molecule has 3 aliphatic carbocycles. The van der Waals surface area contributed by atoms with E-state index in [0.717, 1.165) is 62.0 Å². The fourth-order valence-corrected chi connectivity index (χ4v) is 14.5. The second kappa shape index (κ2) is 31.1. The maximum absolute atomic E-state index is 15.0. The van der Waals surface area contributed by atoms with Crippen molar-refractivity contribution in [1.82, 2.24) is 55.6 Å². The van der Waals surface area contributed by atoms with Crippen LogP contribution in [0.3, 0.4) is 0 Å². The summed E-state index contributed by atoms with van der Waals surface area (Å²) in [6.45, 7) is 10.0. The van der Waals surface area contributed by atoms with Crippen LogP contribution in [-0.2, 0) is 65.3 Å². The Bertz CT molecular complexity index is 2900. The van der Waals surface area contributed by atoms with Gasteiger partial charge in [-0.25, -0.2) is 0 Å². The standard InChI is InChI=1S/C66H99ClF3N11O11/c1-12-39(4)54-63(91)76(8)41(6)59(87)81-32-28-49(81)62(90)78(10)51(36-42-19-14-13-15-20-42)61(89)75(7)37-52(82)72-47(27-25-43-24-26-45(46(67)34-43)66(68,69)70)60(88)80-31-18-21-48(80)57(85)74-65(29-16-17-30-65)64(92)79(11)55(38(2)3)58(86)71-40(5)33-53(83)77(9)50(56(84)73-54)35-44-22-23-44/h24,26,34,38-42,44,47-51,54-55H,12-23,25,27-33,35-37H2,1-11H3,(H,71,86)(H,72,82)(H,73,84)(H,74,85)/t39-,40+,41-,47-,48-,49-,50-,51-,54-,55-/m0/s1. The molecule has 0 unspecified atom stereocenters. The molecule has 3 saturated heterocycles. The molecule has 3 heterocycles. The smallest absolute Gasteiger partial charge is 0.351 e. The molecule has 512 valence electrons. The van der Waals surface area contributed by atoms with E-state index in [1.807, 2.05) is 6.92 Å². The van der Waals surface area contributed by atoms with Crippen LogP contribution in [0.25, 0.3) is 0 Å². The molecular formula is C66H99ClF3N11O11. The van der Waals surface area contributed by atoms with Crippen molar-refractivity contribution in [2.75, 3.05) is 54.9 Å². The number of alkyl halides is 3. The van der Waals surface area contributed by atoms with Gasteiger partial charge in [-0.1, -0.05) is 110 Å².